The maximum absolute atomic E-state index is 13.1. The van der Waals surface area contributed by atoms with E-state index in [2.05, 4.69) is 5.32 Å². The number of rotatable bonds is 4. The molecule has 0 saturated carbocycles. The SMILES string of the molecule is CN1C(=O)[C@H]2CN(C(=O)NCc3ccccc3)CCN2C(=O)[C@@H]1Cc1ccccc1. The number of benzene rings is 2. The molecule has 0 radical (unpaired) electrons. The van der Waals surface area contributed by atoms with Crippen molar-refractivity contribution in [3.63, 3.8) is 0 Å². The summed E-state index contributed by atoms with van der Waals surface area (Å²) in [7, 11) is 1.68. The summed E-state index contributed by atoms with van der Waals surface area (Å²) in [5, 5.41) is 2.90. The molecule has 0 spiro atoms. The van der Waals surface area contributed by atoms with E-state index in [-0.39, 0.29) is 24.4 Å². The van der Waals surface area contributed by atoms with Crippen LogP contribution in [0.5, 0.6) is 0 Å². The van der Waals surface area contributed by atoms with E-state index in [1.165, 1.54) is 0 Å². The molecule has 1 N–H and O–H groups in total. The smallest absolute Gasteiger partial charge is 0.317 e. The molecule has 2 aliphatic rings. The Balaban J connectivity index is 1.40. The molecule has 7 nitrogen and oxygen atoms in total. The van der Waals surface area contributed by atoms with E-state index in [0.717, 1.165) is 11.1 Å². The van der Waals surface area contributed by atoms with Gasteiger partial charge in [0.15, 0.2) is 0 Å². The Kier molecular flexibility index (Phi) is 5.70. The van der Waals surface area contributed by atoms with Crippen molar-refractivity contribution >= 4 is 17.8 Å². The number of nitrogens with zero attached hydrogens (tertiary/aromatic N) is 3. The van der Waals surface area contributed by atoms with Gasteiger partial charge in [-0.2, -0.15) is 0 Å². The van der Waals surface area contributed by atoms with E-state index in [9.17, 15) is 14.4 Å². The lowest BCUT2D eigenvalue weighted by Crippen LogP contribution is -2.70. The molecule has 2 atom stereocenters. The van der Waals surface area contributed by atoms with E-state index >= 15 is 0 Å². The Hall–Kier alpha value is -3.35. The molecule has 30 heavy (non-hydrogen) atoms. The summed E-state index contributed by atoms with van der Waals surface area (Å²) >= 11 is 0. The van der Waals surface area contributed by atoms with Crippen LogP contribution in [0.2, 0.25) is 0 Å². The van der Waals surface area contributed by atoms with E-state index in [4.69, 9.17) is 0 Å². The molecule has 2 heterocycles. The zero-order valence-corrected chi connectivity index (χ0v) is 17.0. The average molecular weight is 406 g/mol. The molecular formula is C23H26N4O3. The summed E-state index contributed by atoms with van der Waals surface area (Å²) in [4.78, 5) is 43.6. The van der Waals surface area contributed by atoms with Crippen LogP contribution in [0.15, 0.2) is 60.7 Å². The molecular weight excluding hydrogens is 380 g/mol. The van der Waals surface area contributed by atoms with E-state index in [1.807, 2.05) is 60.7 Å². The lowest BCUT2D eigenvalue weighted by Gasteiger charge is -2.48. The highest BCUT2D eigenvalue weighted by Crippen LogP contribution is 2.23. The van der Waals surface area contributed by atoms with Crippen molar-refractivity contribution in [3.8, 4) is 0 Å². The van der Waals surface area contributed by atoms with Gasteiger partial charge < -0.3 is 20.0 Å². The van der Waals surface area contributed by atoms with Crippen molar-refractivity contribution in [2.75, 3.05) is 26.7 Å². The third-order valence-electron chi connectivity index (χ3n) is 5.89. The predicted octanol–water partition coefficient (Wildman–Crippen LogP) is 1.49. The summed E-state index contributed by atoms with van der Waals surface area (Å²) in [6.07, 6.45) is 0.492. The van der Waals surface area contributed by atoms with Gasteiger partial charge in [-0.05, 0) is 11.1 Å². The first-order valence-electron chi connectivity index (χ1n) is 10.2. The lowest BCUT2D eigenvalue weighted by molar-refractivity contribution is -0.163. The van der Waals surface area contributed by atoms with Gasteiger partial charge in [0.05, 0.1) is 6.54 Å². The van der Waals surface area contributed by atoms with Gasteiger partial charge in [0.2, 0.25) is 11.8 Å². The summed E-state index contributed by atoms with van der Waals surface area (Å²) in [6, 6.07) is 18.1. The highest BCUT2D eigenvalue weighted by atomic mass is 16.2. The zero-order valence-electron chi connectivity index (χ0n) is 17.0. The van der Waals surface area contributed by atoms with E-state index in [1.54, 1.807) is 21.7 Å². The third-order valence-corrected chi connectivity index (χ3v) is 5.89. The first-order chi connectivity index (χ1) is 14.5. The molecule has 4 amide bonds. The normalized spacial score (nSPS) is 21.4. The summed E-state index contributed by atoms with van der Waals surface area (Å²) in [5.41, 5.74) is 2.03. The number of hydrogen-bond donors (Lipinski definition) is 1. The fraction of sp³-hybridized carbons (Fsp3) is 0.348. The van der Waals surface area contributed by atoms with Crippen molar-refractivity contribution in [2.24, 2.45) is 0 Å². The summed E-state index contributed by atoms with van der Waals surface area (Å²) in [6.45, 7) is 1.43. The summed E-state index contributed by atoms with van der Waals surface area (Å²) < 4.78 is 0. The number of piperazine rings is 2. The largest absolute Gasteiger partial charge is 0.334 e. The fourth-order valence-electron chi connectivity index (χ4n) is 4.14. The summed E-state index contributed by atoms with van der Waals surface area (Å²) in [5.74, 6) is -0.161. The highest BCUT2D eigenvalue weighted by Gasteiger charge is 2.47. The number of carbonyl (C=O) groups excluding carboxylic acids is 3. The van der Waals surface area contributed by atoms with Crippen molar-refractivity contribution < 1.29 is 14.4 Å². The molecule has 0 unspecified atom stereocenters. The van der Waals surface area contributed by atoms with Crippen LogP contribution < -0.4 is 5.32 Å². The van der Waals surface area contributed by atoms with Crippen LogP contribution in [0.3, 0.4) is 0 Å². The van der Waals surface area contributed by atoms with Gasteiger partial charge in [-0.25, -0.2) is 4.79 Å². The maximum atomic E-state index is 13.1. The number of carbonyl (C=O) groups is 3. The molecule has 2 aromatic carbocycles. The molecule has 2 aliphatic heterocycles. The number of hydrogen-bond acceptors (Lipinski definition) is 3. The molecule has 0 aromatic heterocycles. The van der Waals surface area contributed by atoms with Gasteiger partial charge in [-0.15, -0.1) is 0 Å². The second-order valence-corrected chi connectivity index (χ2v) is 7.79. The van der Waals surface area contributed by atoms with Gasteiger partial charge in [0.25, 0.3) is 0 Å². The quantitative estimate of drug-likeness (QED) is 0.836. The standard InChI is InChI=1S/C23H26N4O3/c1-25-19(14-17-8-4-2-5-9-17)22(29)27-13-12-26(16-20(27)21(25)28)23(30)24-15-18-10-6-3-7-11-18/h2-11,19-20H,12-16H2,1H3,(H,24,30)/t19-,20+/m0/s1. The van der Waals surface area contributed by atoms with Crippen molar-refractivity contribution in [1.29, 1.82) is 0 Å². The monoisotopic (exact) mass is 406 g/mol. The third kappa shape index (κ3) is 4.01. The lowest BCUT2D eigenvalue weighted by atomic mass is 9.97. The maximum Gasteiger partial charge on any atom is 0.317 e. The minimum absolute atomic E-state index is 0.0460. The molecule has 156 valence electrons. The molecule has 0 aliphatic carbocycles. The number of nitrogens with one attached hydrogen (secondary N) is 1. The van der Waals surface area contributed by atoms with Crippen molar-refractivity contribution in [2.45, 2.75) is 25.0 Å². The zero-order chi connectivity index (χ0) is 21.1. The van der Waals surface area contributed by atoms with Crippen molar-refractivity contribution in [3.05, 3.63) is 71.8 Å². The molecule has 4 rings (SSSR count). The Labute approximate surface area is 176 Å². The van der Waals surface area contributed by atoms with Crippen LogP contribution in [0, 0.1) is 0 Å². The Morgan fingerprint density at radius 3 is 2.23 bits per heavy atom. The minimum Gasteiger partial charge on any atom is -0.334 e. The fourth-order valence-corrected chi connectivity index (χ4v) is 4.14. The Morgan fingerprint density at radius 2 is 1.57 bits per heavy atom. The van der Waals surface area contributed by atoms with Gasteiger partial charge in [-0.3, -0.25) is 9.59 Å². The second-order valence-electron chi connectivity index (χ2n) is 7.79. The van der Waals surface area contributed by atoms with Crippen LogP contribution in [-0.2, 0) is 22.6 Å². The number of amides is 4. The first kappa shape index (κ1) is 19.9. The van der Waals surface area contributed by atoms with Crippen LogP contribution >= 0.6 is 0 Å². The molecule has 7 heteroatoms. The molecule has 0 bridgehead atoms. The molecule has 2 saturated heterocycles. The van der Waals surface area contributed by atoms with Crippen LogP contribution in [0.4, 0.5) is 4.79 Å². The Bertz CT molecular complexity index is 919. The van der Waals surface area contributed by atoms with Crippen LogP contribution in [-0.4, -0.2) is 71.3 Å². The predicted molar refractivity (Wildman–Crippen MR) is 112 cm³/mol. The second kappa shape index (κ2) is 8.57. The Morgan fingerprint density at radius 1 is 0.933 bits per heavy atom. The number of fused-ring (bicyclic) bond motifs is 1. The average Bonchev–Trinajstić information content (AvgIpc) is 2.80. The van der Waals surface area contributed by atoms with E-state index < -0.39 is 12.1 Å². The number of urea groups is 1. The van der Waals surface area contributed by atoms with Crippen molar-refractivity contribution in [1.82, 2.24) is 20.0 Å². The molecule has 2 aromatic rings. The topological polar surface area (TPSA) is 73.0 Å². The number of likely N-dealkylation sites (N-methyl/N-ethyl adjacent to an activating group) is 1. The van der Waals surface area contributed by atoms with Crippen LogP contribution in [0.1, 0.15) is 11.1 Å². The van der Waals surface area contributed by atoms with E-state index in [0.29, 0.717) is 26.1 Å². The van der Waals surface area contributed by atoms with Gasteiger partial charge >= 0.3 is 6.03 Å². The van der Waals surface area contributed by atoms with Gasteiger partial charge in [0.1, 0.15) is 12.1 Å². The van der Waals surface area contributed by atoms with Gasteiger partial charge in [-0.1, -0.05) is 60.7 Å². The van der Waals surface area contributed by atoms with Crippen LogP contribution in [0.25, 0.3) is 0 Å². The highest BCUT2D eigenvalue weighted by molar-refractivity contribution is 5.97. The molecule has 2 fully saturated rings. The first-order valence-corrected chi connectivity index (χ1v) is 10.2. The van der Waals surface area contributed by atoms with Gasteiger partial charge in [0, 0.05) is 33.1 Å². The minimum atomic E-state index is -0.620.